The Morgan fingerprint density at radius 2 is 1.96 bits per heavy atom. The van der Waals surface area contributed by atoms with Crippen molar-refractivity contribution in [2.24, 2.45) is 0 Å². The summed E-state index contributed by atoms with van der Waals surface area (Å²) in [6, 6.07) is 10.6. The number of hydrogen-bond donors (Lipinski definition) is 0. The van der Waals surface area contributed by atoms with Crippen LogP contribution in [0.2, 0.25) is 0 Å². The Kier molecular flexibility index (Phi) is 9.69. The van der Waals surface area contributed by atoms with Gasteiger partial charge in [-0.3, -0.25) is 24.2 Å². The van der Waals surface area contributed by atoms with E-state index in [1.165, 1.54) is 23.5 Å². The van der Waals surface area contributed by atoms with Gasteiger partial charge in [0.15, 0.2) is 0 Å². The van der Waals surface area contributed by atoms with Gasteiger partial charge in [0.05, 0.1) is 47.4 Å². The van der Waals surface area contributed by atoms with Crippen molar-refractivity contribution in [3.63, 3.8) is 0 Å². The fourth-order valence-electron chi connectivity index (χ4n) is 6.89. The lowest BCUT2D eigenvalue weighted by Gasteiger charge is -2.33. The van der Waals surface area contributed by atoms with E-state index in [0.29, 0.717) is 66.7 Å². The minimum absolute atomic E-state index is 0.0533. The van der Waals surface area contributed by atoms with Gasteiger partial charge in [0.2, 0.25) is 11.8 Å². The highest BCUT2D eigenvalue weighted by atomic mass is 32.1. The first-order valence-electron chi connectivity index (χ1n) is 16.9. The molecule has 0 N–H and O–H groups in total. The molecule has 0 fully saturated rings. The number of halogens is 1. The summed E-state index contributed by atoms with van der Waals surface area (Å²) >= 11 is 1.52. The number of carbonyl (C=O) groups excluding carboxylic acids is 2. The molecule has 13 heteroatoms. The number of fused-ring (bicyclic) bond motifs is 3. The number of likely N-dealkylation sites (N-methyl/N-ethyl adjacent to an activating group) is 1. The molecule has 2 aliphatic heterocycles. The molecule has 1 atom stereocenters. The maximum absolute atomic E-state index is 16.2. The number of carbonyl (C=O) groups is 2. The molecule has 1 aromatic carbocycles. The molecule has 0 radical (unpaired) electrons. The zero-order chi connectivity index (χ0) is 35.8. The Morgan fingerprint density at radius 3 is 2.75 bits per heavy atom. The van der Waals surface area contributed by atoms with Crippen molar-refractivity contribution in [3.8, 4) is 39.5 Å². The zero-order valence-electron chi connectivity index (χ0n) is 29.2. The van der Waals surface area contributed by atoms with Crippen LogP contribution in [0, 0.1) is 5.82 Å². The second kappa shape index (κ2) is 14.3. The molecule has 264 valence electrons. The highest BCUT2D eigenvalue weighted by Crippen LogP contribution is 2.47. The van der Waals surface area contributed by atoms with E-state index in [1.54, 1.807) is 43.1 Å². The summed E-state index contributed by atoms with van der Waals surface area (Å²) in [6.07, 6.45) is 3.92. The molecule has 2 amide bonds. The number of pyridine rings is 2. The molecule has 6 heterocycles. The summed E-state index contributed by atoms with van der Waals surface area (Å²) in [5, 5.41) is 7.80. The smallest absolute Gasteiger partial charge is 0.246 e. The quantitative estimate of drug-likeness (QED) is 0.137. The van der Waals surface area contributed by atoms with Gasteiger partial charge in [0, 0.05) is 75.7 Å². The average Bonchev–Trinajstić information content (AvgIpc) is 3.80. The van der Waals surface area contributed by atoms with Crippen molar-refractivity contribution >= 4 is 33.2 Å². The fraction of sp³-hybridized carbons (Fsp3) is 0.342. The lowest BCUT2D eigenvalue weighted by molar-refractivity contribution is -0.130. The van der Waals surface area contributed by atoms with E-state index in [0.717, 1.165) is 45.6 Å². The van der Waals surface area contributed by atoms with Crippen molar-refractivity contribution in [2.45, 2.75) is 32.5 Å². The van der Waals surface area contributed by atoms with E-state index >= 15 is 4.39 Å². The van der Waals surface area contributed by atoms with E-state index in [4.69, 9.17) is 24.5 Å². The standard InChI is InChI=1S/C38H40FN7O4S/c1-6-32(47)45-13-14-46-30(23(45)2)19-29(42-46)37-34(35-27(39)8-7-9-31(35)50-16-15-49-5)26-11-17-51-38(26)36(41-37)24-18-25-21-44(22-33(48)43(3)4)12-10-28(25)40-20-24/h6-9,11,17-20,23H,1,10,12-16,21-22H2,2-5H3/t23-/m1/s1. The summed E-state index contributed by atoms with van der Waals surface area (Å²) in [7, 11) is 5.12. The molecule has 0 unspecified atom stereocenters. The third kappa shape index (κ3) is 6.52. The van der Waals surface area contributed by atoms with Gasteiger partial charge in [-0.1, -0.05) is 12.6 Å². The number of thiophene rings is 1. The van der Waals surface area contributed by atoms with E-state index in [-0.39, 0.29) is 24.5 Å². The topological polar surface area (TPSA) is 106 Å². The lowest BCUT2D eigenvalue weighted by atomic mass is 9.95. The molecule has 0 spiro atoms. The van der Waals surface area contributed by atoms with Crippen LogP contribution in [0.3, 0.4) is 0 Å². The van der Waals surface area contributed by atoms with Gasteiger partial charge in [-0.15, -0.1) is 11.3 Å². The Hall–Kier alpha value is -4.98. The van der Waals surface area contributed by atoms with Crippen molar-refractivity contribution in [1.82, 2.24) is 34.4 Å². The van der Waals surface area contributed by atoms with Gasteiger partial charge in [-0.2, -0.15) is 5.10 Å². The van der Waals surface area contributed by atoms with Crippen molar-refractivity contribution in [3.05, 3.63) is 83.4 Å². The zero-order valence-corrected chi connectivity index (χ0v) is 30.0. The Balaban J connectivity index is 1.41. The molecular weight excluding hydrogens is 670 g/mol. The number of aromatic nitrogens is 4. The van der Waals surface area contributed by atoms with Crippen LogP contribution in [0.15, 0.2) is 60.6 Å². The second-order valence-corrected chi connectivity index (χ2v) is 13.9. The lowest BCUT2D eigenvalue weighted by Crippen LogP contribution is -2.40. The molecule has 5 aromatic rings. The molecule has 0 saturated heterocycles. The van der Waals surface area contributed by atoms with Gasteiger partial charge in [-0.25, -0.2) is 9.37 Å². The summed E-state index contributed by atoms with van der Waals surface area (Å²) in [5.41, 5.74) is 6.33. The molecule has 0 bridgehead atoms. The highest BCUT2D eigenvalue weighted by molar-refractivity contribution is 7.17. The van der Waals surface area contributed by atoms with Crippen LogP contribution in [0.4, 0.5) is 4.39 Å². The first-order chi connectivity index (χ1) is 24.7. The number of benzene rings is 1. The number of hydrogen-bond acceptors (Lipinski definition) is 9. The van der Waals surface area contributed by atoms with Crippen LogP contribution >= 0.6 is 11.3 Å². The first-order valence-corrected chi connectivity index (χ1v) is 17.8. The highest BCUT2D eigenvalue weighted by Gasteiger charge is 2.31. The number of methoxy groups -OCH3 is 1. The largest absolute Gasteiger partial charge is 0.490 e. The van der Waals surface area contributed by atoms with Crippen LogP contribution in [0.5, 0.6) is 5.75 Å². The minimum Gasteiger partial charge on any atom is -0.490 e. The molecule has 11 nitrogen and oxygen atoms in total. The van der Waals surface area contributed by atoms with Gasteiger partial charge in [0.25, 0.3) is 0 Å². The van der Waals surface area contributed by atoms with Crippen LogP contribution < -0.4 is 4.74 Å². The van der Waals surface area contributed by atoms with Gasteiger partial charge in [0.1, 0.15) is 29.6 Å². The number of rotatable bonds is 10. The molecule has 4 aromatic heterocycles. The summed E-state index contributed by atoms with van der Waals surface area (Å²) in [5.74, 6) is -0.169. The molecular formula is C38H40FN7O4S. The molecule has 51 heavy (non-hydrogen) atoms. The summed E-state index contributed by atoms with van der Waals surface area (Å²) < 4.78 is 30.3. The predicted octanol–water partition coefficient (Wildman–Crippen LogP) is 5.59. The predicted molar refractivity (Wildman–Crippen MR) is 195 cm³/mol. The number of nitrogens with zero attached hydrogens (tertiary/aromatic N) is 7. The normalized spacial score (nSPS) is 15.8. The average molecular weight is 710 g/mol. The summed E-state index contributed by atoms with van der Waals surface area (Å²) in [4.78, 5) is 40.9. The molecule has 7 rings (SSSR count). The minimum atomic E-state index is -0.448. The van der Waals surface area contributed by atoms with Crippen molar-refractivity contribution in [1.29, 1.82) is 0 Å². The van der Waals surface area contributed by atoms with Crippen LogP contribution in [0.25, 0.3) is 43.9 Å². The van der Waals surface area contributed by atoms with E-state index in [2.05, 4.69) is 17.5 Å². The van der Waals surface area contributed by atoms with E-state index < -0.39 is 5.82 Å². The summed E-state index contributed by atoms with van der Waals surface area (Å²) in [6.45, 7) is 8.88. The second-order valence-electron chi connectivity index (χ2n) is 13.0. The van der Waals surface area contributed by atoms with Gasteiger partial charge < -0.3 is 19.3 Å². The van der Waals surface area contributed by atoms with Crippen molar-refractivity contribution in [2.75, 3.05) is 54.1 Å². The van der Waals surface area contributed by atoms with Gasteiger partial charge >= 0.3 is 0 Å². The number of ether oxygens (including phenoxy) is 2. The van der Waals surface area contributed by atoms with Crippen LogP contribution in [-0.4, -0.2) is 100 Å². The Bertz CT molecular complexity index is 2140. The Labute approximate surface area is 299 Å². The first kappa shape index (κ1) is 34.5. The SMILES string of the molecule is C=CC(=O)N1CCn2nc(-c3nc(-c4cnc5c(c4)CN(CC(=O)N(C)C)CC5)c4sccc4c3-c3c(F)cccc3OCCOC)cc2[C@H]1C. The maximum atomic E-state index is 16.2. The molecule has 0 aliphatic carbocycles. The third-order valence-electron chi connectivity index (χ3n) is 9.59. The third-order valence-corrected chi connectivity index (χ3v) is 10.5. The molecule has 2 aliphatic rings. The molecule has 0 saturated carbocycles. The van der Waals surface area contributed by atoms with Gasteiger partial charge in [-0.05, 0) is 54.3 Å². The van der Waals surface area contributed by atoms with Crippen molar-refractivity contribution < 1.29 is 23.5 Å². The monoisotopic (exact) mass is 709 g/mol. The Morgan fingerprint density at radius 1 is 1.12 bits per heavy atom. The van der Waals surface area contributed by atoms with E-state index in [9.17, 15) is 9.59 Å². The number of amides is 2. The van der Waals surface area contributed by atoms with Crippen LogP contribution in [-0.2, 0) is 33.8 Å². The van der Waals surface area contributed by atoms with E-state index in [1.807, 2.05) is 35.3 Å². The van der Waals surface area contributed by atoms with Crippen LogP contribution in [0.1, 0.15) is 29.9 Å². The maximum Gasteiger partial charge on any atom is 0.246 e. The fourth-order valence-corrected chi connectivity index (χ4v) is 7.80.